The molecule has 0 nitrogen and oxygen atoms in total. The summed E-state index contributed by atoms with van der Waals surface area (Å²) in [6.45, 7) is 0. The van der Waals surface area contributed by atoms with Crippen LogP contribution in [0.25, 0.3) is 19.6 Å². The van der Waals surface area contributed by atoms with E-state index < -0.39 is 0 Å². The van der Waals surface area contributed by atoms with Crippen LogP contribution in [0.2, 0.25) is 0 Å². The number of benzene rings is 4. The molecule has 0 aliphatic carbocycles. The second-order valence-corrected chi connectivity index (χ2v) is 8.41. The molecule has 0 aliphatic heterocycles. The molecule has 0 bridgehead atoms. The van der Waals surface area contributed by atoms with Crippen LogP contribution in [0.3, 0.4) is 0 Å². The minimum absolute atomic E-state index is 0. The van der Waals surface area contributed by atoms with Crippen LogP contribution in [0.5, 0.6) is 0 Å². The van der Waals surface area contributed by atoms with Gasteiger partial charge in [-0.05, 0) is 22.3 Å². The van der Waals surface area contributed by atoms with Crippen LogP contribution in [-0.4, -0.2) is 0 Å². The molecule has 0 spiro atoms. The van der Waals surface area contributed by atoms with Gasteiger partial charge in [-0.2, -0.15) is 19.6 Å². The Hall–Kier alpha value is -3.76. The van der Waals surface area contributed by atoms with Crippen LogP contribution in [0.1, 0.15) is 22.3 Å². The third-order valence-corrected chi connectivity index (χ3v) is 6.57. The molecule has 162 valence electrons. The van der Waals surface area contributed by atoms with Gasteiger partial charge in [0.05, 0.1) is 0 Å². The first-order valence-corrected chi connectivity index (χ1v) is 11.6. The van der Waals surface area contributed by atoms with E-state index in [0.29, 0.717) is 0 Å². The van der Waals surface area contributed by atoms with E-state index in [1.807, 2.05) is 121 Å². The summed E-state index contributed by atoms with van der Waals surface area (Å²) in [4.78, 5) is 2.95. The van der Waals surface area contributed by atoms with E-state index in [1.54, 1.807) is 0 Å². The summed E-state index contributed by atoms with van der Waals surface area (Å²) in [5.41, 5.74) is 4.02. The van der Waals surface area contributed by atoms with E-state index in [4.69, 9.17) is 50.5 Å². The van der Waals surface area contributed by atoms with Gasteiger partial charge in [-0.25, -0.2) is 0 Å². The molecule has 0 unspecified atom stereocenters. The molecular formula is C28H20MtS4-4. The summed E-state index contributed by atoms with van der Waals surface area (Å²) in [6.07, 6.45) is 0. The zero-order valence-corrected chi connectivity index (χ0v) is 27.7. The third kappa shape index (κ3) is 7.13. The predicted octanol–water partition coefficient (Wildman–Crippen LogP) is 7.21. The van der Waals surface area contributed by atoms with Crippen molar-refractivity contribution in [3.63, 3.8) is 0 Å². The number of rotatable bonds is 4. The molecule has 0 atom stereocenters. The maximum atomic E-state index is 5.38. The smallest absolute Gasteiger partial charge is 0 e. The Balaban J connectivity index is 0.000000227. The first kappa shape index (κ1) is 25.5. The van der Waals surface area contributed by atoms with Gasteiger partial charge in [0.15, 0.2) is 0 Å². The van der Waals surface area contributed by atoms with Gasteiger partial charge in [-0.1, -0.05) is 121 Å². The van der Waals surface area contributed by atoms with Crippen LogP contribution in [0, 0.1) is 0 Å². The summed E-state index contributed by atoms with van der Waals surface area (Å²) in [7, 11) is 0. The molecule has 0 amide bonds. The maximum Gasteiger partial charge on any atom is 0 e. The van der Waals surface area contributed by atoms with Gasteiger partial charge in [0, 0.05) is 0 Å². The van der Waals surface area contributed by atoms with Crippen LogP contribution < -0.4 is 0 Å². The zero-order valence-electron chi connectivity index (χ0n) is 17.9. The molecule has 0 saturated carbocycles. The van der Waals surface area contributed by atoms with Crippen LogP contribution in [0.4, 0.5) is 0 Å². The van der Waals surface area contributed by atoms with Gasteiger partial charge in [0.2, 0.25) is 0 Å². The Morgan fingerprint density at radius 3 is 0.606 bits per heavy atom. The average molecular weight is 763 g/mol. The van der Waals surface area contributed by atoms with E-state index >= 15 is 0 Å². The van der Waals surface area contributed by atoms with E-state index in [0.717, 1.165) is 41.9 Å². The fourth-order valence-corrected chi connectivity index (χ4v) is 3.90. The largest absolute Gasteiger partial charge is 0.781 e. The molecule has 33 heavy (non-hydrogen) atoms. The van der Waals surface area contributed by atoms with E-state index in [2.05, 4.69) is 0 Å². The van der Waals surface area contributed by atoms with Crippen molar-refractivity contribution in [1.82, 2.24) is 0 Å². The summed E-state index contributed by atoms with van der Waals surface area (Å²) in [6, 6.07) is 39.5. The van der Waals surface area contributed by atoms with Gasteiger partial charge in [0.25, 0.3) is 0 Å². The van der Waals surface area contributed by atoms with Crippen molar-refractivity contribution in [2.45, 2.75) is 0 Å². The monoisotopic (exact) mass is 762 g/mol. The Labute approximate surface area is 212 Å². The quantitative estimate of drug-likeness (QED) is 0.159. The third-order valence-electron chi connectivity index (χ3n) is 4.56. The Bertz CT molecular complexity index is 982. The van der Waals surface area contributed by atoms with Gasteiger partial charge in [-0.15, -0.1) is 0 Å². The molecule has 0 aliphatic rings. The molecule has 0 saturated heterocycles. The Kier molecular flexibility index (Phi) is 10.00. The molecule has 4 rings (SSSR count). The summed E-state index contributed by atoms with van der Waals surface area (Å²) in [5.74, 6) is 0. The fraction of sp³-hybridized carbons (Fsp3) is 0. The molecule has 0 radical (unpaired) electrons. The zero-order chi connectivity index (χ0) is 22.8. The van der Waals surface area contributed by atoms with Crippen molar-refractivity contribution in [1.29, 1.82) is 0 Å². The summed E-state index contributed by atoms with van der Waals surface area (Å²) < 4.78 is 0. The second kappa shape index (κ2) is 12.9. The molecule has 0 N–H and O–H groups in total. The molecule has 0 aromatic heterocycles. The van der Waals surface area contributed by atoms with E-state index in [9.17, 15) is 0 Å². The Morgan fingerprint density at radius 1 is 0.303 bits per heavy atom. The number of hydrogen-bond acceptors (Lipinski definition) is 4. The van der Waals surface area contributed by atoms with Gasteiger partial charge in [0.1, 0.15) is 0 Å². The van der Waals surface area contributed by atoms with Crippen LogP contribution >= 0.6 is 0 Å². The first-order valence-electron chi connectivity index (χ1n) is 9.96. The van der Waals surface area contributed by atoms with Gasteiger partial charge >= 0.3 is 0 Å². The maximum absolute atomic E-state index is 5.38. The van der Waals surface area contributed by atoms with Crippen LogP contribution in [-0.2, 0) is 50.5 Å². The molecule has 4 aromatic rings. The standard InChI is InChI=1S/2C14H12S2.Mt/c2*15-13(11-7-3-1-4-8-11)14(16)12-9-5-2-6-10-12;/h2*1-10,15-16H;/p-4/b2*14-13-;. The normalized spacial score (nSPS) is 11.6. The molecular weight excluding hydrogens is 743 g/mol. The summed E-state index contributed by atoms with van der Waals surface area (Å²) >= 11 is 21.5. The SMILES string of the molecule is [Mt].[S-]/C(=C(\[S-])c1ccccc1)c1ccccc1.[S-]/C(=C(\[S-])c1ccccc1)c1ccccc1. The van der Waals surface area contributed by atoms with Crippen molar-refractivity contribution >= 4 is 70.1 Å². The predicted molar refractivity (Wildman–Crippen MR) is 149 cm³/mol. The molecule has 0 fully saturated rings. The van der Waals surface area contributed by atoms with E-state index in [-0.39, 0.29) is 0 Å². The molecule has 5 heteroatoms. The Morgan fingerprint density at radius 2 is 0.455 bits per heavy atom. The topological polar surface area (TPSA) is 0 Å². The number of hydrogen-bond donors (Lipinski definition) is 0. The van der Waals surface area contributed by atoms with Crippen molar-refractivity contribution in [2.24, 2.45) is 0 Å². The van der Waals surface area contributed by atoms with Crippen molar-refractivity contribution < 1.29 is 0 Å². The molecule has 0 heterocycles. The van der Waals surface area contributed by atoms with Crippen molar-refractivity contribution in [3.05, 3.63) is 144 Å². The van der Waals surface area contributed by atoms with Crippen molar-refractivity contribution in [3.8, 4) is 0 Å². The van der Waals surface area contributed by atoms with Gasteiger partial charge < -0.3 is 50.5 Å². The van der Waals surface area contributed by atoms with Gasteiger partial charge in [-0.3, -0.25) is 0 Å². The minimum atomic E-state index is 0. The average Bonchev–Trinajstić information content (AvgIpc) is 2.89. The summed E-state index contributed by atoms with van der Waals surface area (Å²) in [5, 5.41) is 0. The minimum Gasteiger partial charge on any atom is -0.781 e. The second-order valence-electron chi connectivity index (χ2n) is 6.78. The molecule has 4 aromatic carbocycles. The first-order chi connectivity index (χ1) is 15.6. The fourth-order valence-electron chi connectivity index (χ4n) is 2.88. The van der Waals surface area contributed by atoms with E-state index in [1.165, 1.54) is 0 Å². The van der Waals surface area contributed by atoms with Crippen molar-refractivity contribution in [2.75, 3.05) is 0 Å². The van der Waals surface area contributed by atoms with Crippen LogP contribution in [0.15, 0.2) is 121 Å².